The Hall–Kier alpha value is -3.13. The summed E-state index contributed by atoms with van der Waals surface area (Å²) in [5.74, 6) is -0.0288. The number of anilines is 1. The van der Waals surface area contributed by atoms with E-state index in [4.69, 9.17) is 10.5 Å². The van der Waals surface area contributed by atoms with Crippen molar-refractivity contribution in [2.24, 2.45) is 0 Å². The Labute approximate surface area is 144 Å². The highest BCUT2D eigenvalue weighted by atomic mass is 16.5. The van der Waals surface area contributed by atoms with E-state index in [9.17, 15) is 15.3 Å². The quantitative estimate of drug-likeness (QED) is 0.870. The average Bonchev–Trinajstić information content (AvgIpc) is 2.63. The summed E-state index contributed by atoms with van der Waals surface area (Å²) in [6.45, 7) is 4.06. The number of morpholine rings is 1. The minimum absolute atomic E-state index is 0.0288. The molecule has 0 spiro atoms. The molecule has 0 atom stereocenters. The van der Waals surface area contributed by atoms with E-state index in [1.807, 2.05) is 36.4 Å². The predicted octanol–water partition coefficient (Wildman–Crippen LogP) is 1.20. The molecule has 3 rings (SSSR count). The zero-order valence-electron chi connectivity index (χ0n) is 13.6. The van der Waals surface area contributed by atoms with Crippen molar-refractivity contribution in [3.05, 3.63) is 51.3 Å². The van der Waals surface area contributed by atoms with Gasteiger partial charge in [0, 0.05) is 25.2 Å². The van der Waals surface area contributed by atoms with Crippen LogP contribution < -0.4 is 11.3 Å². The van der Waals surface area contributed by atoms with Crippen molar-refractivity contribution in [1.29, 1.82) is 10.5 Å². The number of nitrogens with two attached hydrogens (primary N) is 1. The molecule has 0 amide bonds. The maximum atomic E-state index is 12.0. The third kappa shape index (κ3) is 3.38. The SMILES string of the molecule is N#Cc1c(N)[nH]c(=O)c(C#N)c1-c1ccc(CN2CCOCC2)cc1. The molecule has 1 aliphatic heterocycles. The first-order valence-corrected chi connectivity index (χ1v) is 7.89. The number of rotatable bonds is 3. The monoisotopic (exact) mass is 335 g/mol. The van der Waals surface area contributed by atoms with Crippen molar-refractivity contribution in [2.45, 2.75) is 6.54 Å². The van der Waals surface area contributed by atoms with Crippen LogP contribution in [0.4, 0.5) is 5.82 Å². The van der Waals surface area contributed by atoms with Gasteiger partial charge in [0.2, 0.25) is 0 Å². The van der Waals surface area contributed by atoms with Crippen molar-refractivity contribution in [1.82, 2.24) is 9.88 Å². The summed E-state index contributed by atoms with van der Waals surface area (Å²) in [6.07, 6.45) is 0. The molecule has 126 valence electrons. The fraction of sp³-hybridized carbons (Fsp3) is 0.278. The standard InChI is InChI=1S/C18H17N5O2/c19-9-14-16(15(10-20)18(24)22-17(14)21)13-3-1-12(2-4-13)11-23-5-7-25-8-6-23/h1-4H,5-8,11H2,(H3,21,22,24). The number of nitrogen functional groups attached to an aromatic ring is 1. The summed E-state index contributed by atoms with van der Waals surface area (Å²) in [7, 11) is 0. The Morgan fingerprint density at radius 3 is 2.36 bits per heavy atom. The van der Waals surface area contributed by atoms with Gasteiger partial charge in [0.1, 0.15) is 29.1 Å². The van der Waals surface area contributed by atoms with Gasteiger partial charge in [-0.1, -0.05) is 24.3 Å². The highest BCUT2D eigenvalue weighted by Gasteiger charge is 2.18. The lowest BCUT2D eigenvalue weighted by Gasteiger charge is -2.26. The van der Waals surface area contributed by atoms with Crippen LogP contribution in [0, 0.1) is 22.7 Å². The third-order valence-corrected chi connectivity index (χ3v) is 4.22. The lowest BCUT2D eigenvalue weighted by molar-refractivity contribution is 0.0342. The Balaban J connectivity index is 1.96. The summed E-state index contributed by atoms with van der Waals surface area (Å²) in [5.41, 5.74) is 7.17. The second-order valence-corrected chi connectivity index (χ2v) is 5.80. The Morgan fingerprint density at radius 2 is 1.76 bits per heavy atom. The Kier molecular flexibility index (Phi) is 4.80. The number of hydrogen-bond donors (Lipinski definition) is 2. The van der Waals surface area contributed by atoms with E-state index in [1.54, 1.807) is 0 Å². The van der Waals surface area contributed by atoms with Crippen LogP contribution in [0.5, 0.6) is 0 Å². The highest BCUT2D eigenvalue weighted by Crippen LogP contribution is 2.28. The van der Waals surface area contributed by atoms with E-state index in [0.29, 0.717) is 5.56 Å². The average molecular weight is 335 g/mol. The predicted molar refractivity (Wildman–Crippen MR) is 92.4 cm³/mol. The van der Waals surface area contributed by atoms with E-state index < -0.39 is 5.56 Å². The van der Waals surface area contributed by atoms with Gasteiger partial charge in [-0.05, 0) is 11.1 Å². The zero-order chi connectivity index (χ0) is 17.8. The van der Waals surface area contributed by atoms with Crippen LogP contribution in [0.15, 0.2) is 29.1 Å². The molecule has 1 saturated heterocycles. The zero-order valence-corrected chi connectivity index (χ0v) is 13.6. The molecule has 25 heavy (non-hydrogen) atoms. The van der Waals surface area contributed by atoms with Crippen LogP contribution in [0.3, 0.4) is 0 Å². The van der Waals surface area contributed by atoms with E-state index in [2.05, 4.69) is 9.88 Å². The Morgan fingerprint density at radius 1 is 1.12 bits per heavy atom. The number of H-pyrrole nitrogens is 1. The Bertz CT molecular complexity index is 913. The van der Waals surface area contributed by atoms with Crippen molar-refractivity contribution in [3.63, 3.8) is 0 Å². The van der Waals surface area contributed by atoms with Gasteiger partial charge in [0.05, 0.1) is 13.2 Å². The number of nitrogens with one attached hydrogen (secondary N) is 1. The van der Waals surface area contributed by atoms with E-state index >= 15 is 0 Å². The fourth-order valence-corrected chi connectivity index (χ4v) is 2.93. The number of aromatic amines is 1. The second-order valence-electron chi connectivity index (χ2n) is 5.80. The lowest BCUT2D eigenvalue weighted by Crippen LogP contribution is -2.35. The van der Waals surface area contributed by atoms with Crippen molar-refractivity contribution >= 4 is 5.82 Å². The van der Waals surface area contributed by atoms with Gasteiger partial charge in [-0.2, -0.15) is 10.5 Å². The van der Waals surface area contributed by atoms with Gasteiger partial charge in [0.15, 0.2) is 0 Å². The number of aromatic nitrogens is 1. The minimum atomic E-state index is -0.591. The largest absolute Gasteiger partial charge is 0.384 e. The number of benzene rings is 1. The van der Waals surface area contributed by atoms with Crippen LogP contribution in [-0.4, -0.2) is 36.2 Å². The maximum absolute atomic E-state index is 12.0. The van der Waals surface area contributed by atoms with Gasteiger partial charge >= 0.3 is 0 Å². The van der Waals surface area contributed by atoms with Gasteiger partial charge in [-0.3, -0.25) is 9.69 Å². The summed E-state index contributed by atoms with van der Waals surface area (Å²) >= 11 is 0. The number of pyridine rings is 1. The first-order valence-electron chi connectivity index (χ1n) is 7.89. The van der Waals surface area contributed by atoms with Crippen LogP contribution >= 0.6 is 0 Å². The molecule has 2 aromatic rings. The summed E-state index contributed by atoms with van der Waals surface area (Å²) in [4.78, 5) is 16.6. The first-order chi connectivity index (χ1) is 12.1. The van der Waals surface area contributed by atoms with Gasteiger partial charge in [-0.15, -0.1) is 0 Å². The van der Waals surface area contributed by atoms with Crippen LogP contribution in [-0.2, 0) is 11.3 Å². The van der Waals surface area contributed by atoms with Crippen LogP contribution in [0.1, 0.15) is 16.7 Å². The first kappa shape index (κ1) is 16.7. The molecule has 1 aromatic carbocycles. The molecule has 7 heteroatoms. The topological polar surface area (TPSA) is 119 Å². The molecule has 0 saturated carbocycles. The molecule has 2 heterocycles. The second kappa shape index (κ2) is 7.18. The van der Waals surface area contributed by atoms with Crippen molar-refractivity contribution in [2.75, 3.05) is 32.0 Å². The number of hydrogen-bond acceptors (Lipinski definition) is 6. The number of nitrogens with zero attached hydrogens (tertiary/aromatic N) is 3. The molecule has 1 fully saturated rings. The number of ether oxygens (including phenoxy) is 1. The van der Waals surface area contributed by atoms with E-state index in [1.165, 1.54) is 0 Å². The molecule has 1 aliphatic rings. The summed E-state index contributed by atoms with van der Waals surface area (Å²) < 4.78 is 5.34. The van der Waals surface area contributed by atoms with E-state index in [-0.39, 0.29) is 22.5 Å². The highest BCUT2D eigenvalue weighted by molar-refractivity contribution is 5.80. The third-order valence-electron chi connectivity index (χ3n) is 4.22. The maximum Gasteiger partial charge on any atom is 0.268 e. The minimum Gasteiger partial charge on any atom is -0.384 e. The van der Waals surface area contributed by atoms with Crippen LogP contribution in [0.2, 0.25) is 0 Å². The number of nitriles is 2. The van der Waals surface area contributed by atoms with Crippen molar-refractivity contribution < 1.29 is 4.74 Å². The molecule has 0 unspecified atom stereocenters. The van der Waals surface area contributed by atoms with Gasteiger partial charge in [0.25, 0.3) is 5.56 Å². The van der Waals surface area contributed by atoms with Gasteiger partial charge < -0.3 is 15.5 Å². The molecule has 7 nitrogen and oxygen atoms in total. The molecule has 3 N–H and O–H groups in total. The smallest absolute Gasteiger partial charge is 0.268 e. The van der Waals surface area contributed by atoms with Gasteiger partial charge in [-0.25, -0.2) is 0 Å². The van der Waals surface area contributed by atoms with Crippen molar-refractivity contribution in [3.8, 4) is 23.3 Å². The molecular formula is C18H17N5O2. The fourth-order valence-electron chi connectivity index (χ4n) is 2.93. The van der Waals surface area contributed by atoms with E-state index in [0.717, 1.165) is 38.4 Å². The molecular weight excluding hydrogens is 318 g/mol. The normalized spacial score (nSPS) is 14.6. The molecule has 1 aromatic heterocycles. The van der Waals surface area contributed by atoms with Crippen LogP contribution in [0.25, 0.3) is 11.1 Å². The summed E-state index contributed by atoms with van der Waals surface area (Å²) in [6, 6.07) is 11.3. The lowest BCUT2D eigenvalue weighted by atomic mass is 9.96. The summed E-state index contributed by atoms with van der Waals surface area (Å²) in [5, 5.41) is 18.7. The molecule has 0 bridgehead atoms. The molecule has 0 radical (unpaired) electrons. The molecule has 0 aliphatic carbocycles.